The summed E-state index contributed by atoms with van der Waals surface area (Å²) in [5.41, 5.74) is 0.323. The highest BCUT2D eigenvalue weighted by Gasteiger charge is 2.37. The molecule has 11 heteroatoms. The number of hydrogen-bond acceptors (Lipinski definition) is 5. The average Bonchev–Trinajstić information content (AvgIpc) is 2.97. The summed E-state index contributed by atoms with van der Waals surface area (Å²) in [6.45, 7) is -2.97. The zero-order chi connectivity index (χ0) is 18.0. The normalized spacial score (nSPS) is 11.9. The molecule has 132 valence electrons. The minimum absolute atomic E-state index is 0.0187. The monoisotopic (exact) mass is 359 g/mol. The van der Waals surface area contributed by atoms with Crippen LogP contribution in [0.3, 0.4) is 0 Å². The first-order valence-corrected chi connectivity index (χ1v) is 6.91. The van der Waals surface area contributed by atoms with E-state index in [-0.39, 0.29) is 23.8 Å². The molecule has 0 aliphatic heterocycles. The Kier molecular flexibility index (Phi) is 4.38. The number of nitrogens with zero attached hydrogens (tertiary/aromatic N) is 4. The molecule has 0 saturated heterocycles. The van der Waals surface area contributed by atoms with E-state index in [0.717, 1.165) is 0 Å². The fraction of sp³-hybridized carbons (Fsp3) is 0.214. The van der Waals surface area contributed by atoms with Crippen molar-refractivity contribution in [2.75, 3.05) is 5.32 Å². The predicted octanol–water partition coefficient (Wildman–Crippen LogP) is 3.36. The largest absolute Gasteiger partial charge is 0.453 e. The van der Waals surface area contributed by atoms with Crippen molar-refractivity contribution in [2.45, 2.75) is 19.3 Å². The molecule has 2 heterocycles. The third-order valence-electron chi connectivity index (χ3n) is 3.16. The number of aromatic nitrogens is 4. The van der Waals surface area contributed by atoms with Gasteiger partial charge in [0.15, 0.2) is 5.65 Å². The molecule has 0 amide bonds. The molecule has 0 unspecified atom stereocenters. The molecular formula is C14H10F5N5O. The van der Waals surface area contributed by atoms with Crippen LogP contribution in [-0.4, -0.2) is 26.4 Å². The highest BCUT2D eigenvalue weighted by atomic mass is 19.4. The van der Waals surface area contributed by atoms with E-state index >= 15 is 0 Å². The fourth-order valence-corrected chi connectivity index (χ4v) is 2.11. The smallest absolute Gasteiger partial charge is 0.434 e. The van der Waals surface area contributed by atoms with Crippen molar-refractivity contribution in [3.8, 4) is 5.75 Å². The average molecular weight is 359 g/mol. The van der Waals surface area contributed by atoms with Crippen LogP contribution in [0.4, 0.5) is 27.8 Å². The van der Waals surface area contributed by atoms with Gasteiger partial charge in [0.2, 0.25) is 0 Å². The number of nitrogens with one attached hydrogen (secondary N) is 1. The van der Waals surface area contributed by atoms with Gasteiger partial charge >= 0.3 is 12.8 Å². The Morgan fingerprint density at radius 2 is 1.84 bits per heavy atom. The number of ether oxygens (including phenoxy) is 1. The van der Waals surface area contributed by atoms with Gasteiger partial charge in [0.1, 0.15) is 11.6 Å². The highest BCUT2D eigenvalue weighted by molar-refractivity contribution is 5.45. The van der Waals surface area contributed by atoms with Crippen LogP contribution in [0, 0.1) is 0 Å². The van der Waals surface area contributed by atoms with E-state index in [1.165, 1.54) is 24.3 Å². The van der Waals surface area contributed by atoms with Crippen LogP contribution in [-0.2, 0) is 12.7 Å². The Morgan fingerprint density at radius 1 is 1.08 bits per heavy atom. The fourth-order valence-electron chi connectivity index (χ4n) is 2.11. The lowest BCUT2D eigenvalue weighted by Gasteiger charge is -2.12. The molecule has 6 nitrogen and oxygen atoms in total. The minimum atomic E-state index is -4.71. The number of rotatable bonds is 5. The van der Waals surface area contributed by atoms with Gasteiger partial charge in [-0.2, -0.15) is 26.5 Å². The van der Waals surface area contributed by atoms with Crippen LogP contribution < -0.4 is 10.1 Å². The maximum Gasteiger partial charge on any atom is 0.453 e. The quantitative estimate of drug-likeness (QED) is 0.708. The van der Waals surface area contributed by atoms with Crippen LogP contribution >= 0.6 is 0 Å². The van der Waals surface area contributed by atoms with Crippen LogP contribution in [0.2, 0.25) is 0 Å². The summed E-state index contributed by atoms with van der Waals surface area (Å²) in [4.78, 5) is 0. The molecular weight excluding hydrogens is 349 g/mol. The third-order valence-corrected chi connectivity index (χ3v) is 3.16. The second-order valence-electron chi connectivity index (χ2n) is 4.85. The first kappa shape index (κ1) is 16.9. The zero-order valence-electron chi connectivity index (χ0n) is 12.3. The lowest BCUT2D eigenvalue weighted by molar-refractivity contribution is -0.146. The maximum atomic E-state index is 12.8. The molecule has 0 radical (unpaired) electrons. The summed E-state index contributed by atoms with van der Waals surface area (Å²) in [6.07, 6.45) is -4.71. The molecule has 0 atom stereocenters. The van der Waals surface area contributed by atoms with Crippen molar-refractivity contribution in [1.82, 2.24) is 19.8 Å². The van der Waals surface area contributed by atoms with E-state index < -0.39 is 18.6 Å². The Balaban J connectivity index is 1.82. The lowest BCUT2D eigenvalue weighted by Crippen LogP contribution is -2.13. The number of hydrogen-bond donors (Lipinski definition) is 1. The van der Waals surface area contributed by atoms with Crippen molar-refractivity contribution < 1.29 is 26.7 Å². The van der Waals surface area contributed by atoms with E-state index in [9.17, 15) is 22.0 Å². The van der Waals surface area contributed by atoms with Gasteiger partial charge in [0.25, 0.3) is 5.82 Å². The van der Waals surface area contributed by atoms with Gasteiger partial charge in [-0.1, -0.05) is 18.2 Å². The molecule has 0 aliphatic carbocycles. The molecule has 2 aromatic heterocycles. The molecule has 0 bridgehead atoms. The molecule has 0 aliphatic rings. The minimum Gasteiger partial charge on any atom is -0.434 e. The predicted molar refractivity (Wildman–Crippen MR) is 76.2 cm³/mol. The van der Waals surface area contributed by atoms with Crippen molar-refractivity contribution >= 4 is 11.5 Å². The van der Waals surface area contributed by atoms with E-state index in [1.807, 2.05) is 0 Å². The second kappa shape index (κ2) is 6.49. The number of para-hydroxylation sites is 1. The molecule has 0 saturated carbocycles. The molecule has 1 N–H and O–H groups in total. The van der Waals surface area contributed by atoms with Crippen molar-refractivity contribution in [3.05, 3.63) is 47.8 Å². The van der Waals surface area contributed by atoms with Crippen LogP contribution in [0.5, 0.6) is 5.75 Å². The number of alkyl halides is 5. The number of benzene rings is 1. The molecule has 0 spiro atoms. The summed E-state index contributed by atoms with van der Waals surface area (Å²) in [6, 6.07) is 8.76. The first-order chi connectivity index (χ1) is 11.8. The maximum absolute atomic E-state index is 12.8. The van der Waals surface area contributed by atoms with Gasteiger partial charge in [-0.15, -0.1) is 15.3 Å². The van der Waals surface area contributed by atoms with Crippen molar-refractivity contribution in [3.63, 3.8) is 0 Å². The van der Waals surface area contributed by atoms with Gasteiger partial charge in [-0.3, -0.25) is 0 Å². The number of anilines is 1. The second-order valence-corrected chi connectivity index (χ2v) is 4.85. The van der Waals surface area contributed by atoms with E-state index in [4.69, 9.17) is 0 Å². The Hall–Kier alpha value is -2.98. The number of halogens is 5. The summed E-state index contributed by atoms with van der Waals surface area (Å²) in [5.74, 6) is -1.21. The Labute approximate surface area is 137 Å². The van der Waals surface area contributed by atoms with Crippen LogP contribution in [0.1, 0.15) is 11.4 Å². The van der Waals surface area contributed by atoms with Gasteiger partial charge in [-0.05, 0) is 18.2 Å². The molecule has 0 fully saturated rings. The summed E-state index contributed by atoms with van der Waals surface area (Å²) in [5, 5.41) is 13.0. The van der Waals surface area contributed by atoms with Crippen molar-refractivity contribution in [1.29, 1.82) is 0 Å². The Bertz CT molecular complexity index is 879. The summed E-state index contributed by atoms with van der Waals surface area (Å²) < 4.78 is 68.2. The molecule has 3 rings (SSSR count). The summed E-state index contributed by atoms with van der Waals surface area (Å²) >= 11 is 0. The van der Waals surface area contributed by atoms with E-state index in [1.54, 1.807) is 12.1 Å². The molecule has 25 heavy (non-hydrogen) atoms. The van der Waals surface area contributed by atoms with E-state index in [2.05, 4.69) is 25.3 Å². The highest BCUT2D eigenvalue weighted by Crippen LogP contribution is 2.27. The SMILES string of the molecule is FC(F)Oc1ccccc1CNc1ccc2nnc(C(F)(F)F)n2n1. The topological polar surface area (TPSA) is 64.3 Å². The number of fused-ring (bicyclic) bond motifs is 1. The Morgan fingerprint density at radius 3 is 2.56 bits per heavy atom. The van der Waals surface area contributed by atoms with E-state index in [0.29, 0.717) is 10.1 Å². The standard InChI is InChI=1S/C14H10F5N5O/c15-13(16)25-9-4-2-1-3-8(9)7-20-10-5-6-11-21-22-12(14(17,18)19)24(11)23-10/h1-6,13H,7H2,(H,20,23). The van der Waals surface area contributed by atoms with Crippen LogP contribution in [0.15, 0.2) is 36.4 Å². The molecule has 3 aromatic rings. The lowest BCUT2D eigenvalue weighted by atomic mass is 10.2. The van der Waals surface area contributed by atoms with Gasteiger partial charge < -0.3 is 10.1 Å². The zero-order valence-corrected chi connectivity index (χ0v) is 12.3. The van der Waals surface area contributed by atoms with Crippen molar-refractivity contribution in [2.24, 2.45) is 0 Å². The van der Waals surface area contributed by atoms with Gasteiger partial charge in [-0.25, -0.2) is 0 Å². The van der Waals surface area contributed by atoms with Gasteiger partial charge in [0, 0.05) is 12.1 Å². The third kappa shape index (κ3) is 3.75. The van der Waals surface area contributed by atoms with Gasteiger partial charge in [0.05, 0.1) is 0 Å². The van der Waals surface area contributed by atoms with Crippen LogP contribution in [0.25, 0.3) is 5.65 Å². The first-order valence-electron chi connectivity index (χ1n) is 6.91. The summed E-state index contributed by atoms with van der Waals surface area (Å²) in [7, 11) is 0. The molecule has 1 aromatic carbocycles.